The van der Waals surface area contributed by atoms with Crippen molar-refractivity contribution in [2.45, 2.75) is 31.8 Å². The monoisotopic (exact) mass is 388 g/mol. The fraction of sp³-hybridized carbons (Fsp3) is 0.421. The summed E-state index contributed by atoms with van der Waals surface area (Å²) in [6, 6.07) is 3.55. The summed E-state index contributed by atoms with van der Waals surface area (Å²) in [4.78, 5) is 29.8. The first kappa shape index (κ1) is 17.8. The minimum atomic E-state index is -0.499. The molecular weight excluding hydrogens is 368 g/mol. The minimum Gasteiger partial charge on any atom is -0.496 e. The maximum Gasteiger partial charge on any atom is 0.264 e. The summed E-state index contributed by atoms with van der Waals surface area (Å²) in [7, 11) is 3.13. The molecule has 0 bridgehead atoms. The third kappa shape index (κ3) is 3.14. The maximum absolute atomic E-state index is 12.7. The number of thiazole rings is 1. The van der Waals surface area contributed by atoms with Gasteiger partial charge >= 0.3 is 0 Å². The zero-order valence-electron chi connectivity index (χ0n) is 15.1. The predicted octanol–water partition coefficient (Wildman–Crippen LogP) is 3.29. The summed E-state index contributed by atoms with van der Waals surface area (Å²) in [5.41, 5.74) is 0.654. The summed E-state index contributed by atoms with van der Waals surface area (Å²) in [6.07, 6.45) is 4.88. The van der Waals surface area contributed by atoms with Crippen LogP contribution in [-0.4, -0.2) is 37.0 Å². The number of nitrogens with one attached hydrogen (secondary N) is 1. The van der Waals surface area contributed by atoms with Crippen molar-refractivity contribution in [2.75, 3.05) is 19.5 Å². The van der Waals surface area contributed by atoms with E-state index in [2.05, 4.69) is 10.3 Å². The Morgan fingerprint density at radius 2 is 1.96 bits per heavy atom. The van der Waals surface area contributed by atoms with E-state index in [1.54, 1.807) is 26.4 Å². The Balaban J connectivity index is 1.59. The Morgan fingerprint density at radius 3 is 2.74 bits per heavy atom. The normalized spacial score (nSPS) is 21.9. The summed E-state index contributed by atoms with van der Waals surface area (Å²) in [5, 5.41) is 3.09. The molecule has 1 aromatic carbocycles. The number of carbonyl (C=O) groups is 2. The molecule has 27 heavy (non-hydrogen) atoms. The van der Waals surface area contributed by atoms with Crippen LogP contribution in [0.25, 0.3) is 10.2 Å². The third-order valence-corrected chi connectivity index (χ3v) is 6.03. The molecule has 0 saturated heterocycles. The highest BCUT2D eigenvalue weighted by atomic mass is 32.1. The van der Waals surface area contributed by atoms with Gasteiger partial charge in [-0.3, -0.25) is 14.9 Å². The van der Waals surface area contributed by atoms with Crippen molar-refractivity contribution >= 4 is 38.4 Å². The van der Waals surface area contributed by atoms with Gasteiger partial charge in [0.05, 0.1) is 26.4 Å². The summed E-state index contributed by atoms with van der Waals surface area (Å²) in [6.45, 7) is 0. The van der Waals surface area contributed by atoms with E-state index in [4.69, 9.17) is 14.2 Å². The molecule has 1 aromatic heterocycles. The number of nitrogens with zero attached hydrogens (tertiary/aromatic N) is 1. The highest BCUT2D eigenvalue weighted by Crippen LogP contribution is 2.39. The van der Waals surface area contributed by atoms with Crippen LogP contribution in [0.15, 0.2) is 24.0 Å². The second-order valence-electron chi connectivity index (χ2n) is 6.58. The number of methoxy groups -OCH3 is 2. The SMILES string of the molecule is COc1ccc(OC)c2sc(NC(=O)C3=COC4CCCCC4C3=O)nc12. The van der Waals surface area contributed by atoms with Crippen LogP contribution in [0.2, 0.25) is 0 Å². The van der Waals surface area contributed by atoms with Gasteiger partial charge in [-0.15, -0.1) is 0 Å². The lowest BCUT2D eigenvalue weighted by atomic mass is 9.80. The van der Waals surface area contributed by atoms with Crippen LogP contribution in [0, 0.1) is 5.92 Å². The molecule has 2 heterocycles. The van der Waals surface area contributed by atoms with Gasteiger partial charge in [-0.1, -0.05) is 17.8 Å². The molecule has 1 fully saturated rings. The predicted molar refractivity (Wildman–Crippen MR) is 101 cm³/mol. The summed E-state index contributed by atoms with van der Waals surface area (Å²) < 4.78 is 17.1. The maximum atomic E-state index is 12.7. The Bertz CT molecular complexity index is 895. The molecule has 2 aromatic rings. The van der Waals surface area contributed by atoms with Gasteiger partial charge in [0.25, 0.3) is 5.91 Å². The molecule has 2 atom stereocenters. The van der Waals surface area contributed by atoms with Crippen LogP contribution in [0.5, 0.6) is 11.5 Å². The fourth-order valence-electron chi connectivity index (χ4n) is 3.64. The fourth-order valence-corrected chi connectivity index (χ4v) is 4.61. The molecule has 1 saturated carbocycles. The number of ketones is 1. The Morgan fingerprint density at radius 1 is 1.22 bits per heavy atom. The van der Waals surface area contributed by atoms with E-state index in [0.717, 1.165) is 30.4 Å². The second-order valence-corrected chi connectivity index (χ2v) is 7.58. The molecule has 1 aliphatic heterocycles. The van der Waals surface area contributed by atoms with Crippen molar-refractivity contribution in [2.24, 2.45) is 5.92 Å². The summed E-state index contributed by atoms with van der Waals surface area (Å²) >= 11 is 1.27. The Labute approximate surface area is 160 Å². The molecule has 7 nitrogen and oxygen atoms in total. The third-order valence-electron chi connectivity index (χ3n) is 5.04. The van der Waals surface area contributed by atoms with Crippen LogP contribution in [0.4, 0.5) is 5.13 Å². The van der Waals surface area contributed by atoms with Crippen LogP contribution in [-0.2, 0) is 14.3 Å². The molecule has 1 aliphatic carbocycles. The average molecular weight is 388 g/mol. The highest BCUT2D eigenvalue weighted by Gasteiger charge is 2.39. The number of hydrogen-bond acceptors (Lipinski definition) is 7. The standard InChI is InChI=1S/C19H20N2O5S/c1-24-13-7-8-14(25-2)17-15(13)20-19(27-17)21-18(23)11-9-26-12-6-4-3-5-10(12)16(11)22/h7-10,12H,3-6H2,1-2H3,(H,20,21,23). The number of carbonyl (C=O) groups excluding carboxylic acids is 2. The van der Waals surface area contributed by atoms with E-state index in [9.17, 15) is 9.59 Å². The van der Waals surface area contributed by atoms with Gasteiger partial charge in [-0.2, -0.15) is 0 Å². The Kier molecular flexibility index (Phi) is 4.73. The van der Waals surface area contributed by atoms with Crippen LogP contribution in [0.3, 0.4) is 0 Å². The lowest BCUT2D eigenvalue weighted by molar-refractivity contribution is -0.129. The van der Waals surface area contributed by atoms with E-state index in [1.165, 1.54) is 17.6 Å². The molecule has 0 spiro atoms. The van der Waals surface area contributed by atoms with Crippen LogP contribution in [0.1, 0.15) is 25.7 Å². The lowest BCUT2D eigenvalue weighted by Gasteiger charge is -2.33. The molecule has 1 amide bonds. The molecule has 142 valence electrons. The van der Waals surface area contributed by atoms with Gasteiger partial charge in [-0.25, -0.2) is 4.98 Å². The zero-order valence-corrected chi connectivity index (χ0v) is 15.9. The first-order valence-electron chi connectivity index (χ1n) is 8.85. The first-order valence-corrected chi connectivity index (χ1v) is 9.66. The number of anilines is 1. The number of hydrogen-bond donors (Lipinski definition) is 1. The molecule has 8 heteroatoms. The number of fused-ring (bicyclic) bond motifs is 2. The van der Waals surface area contributed by atoms with Gasteiger partial charge in [0, 0.05) is 0 Å². The van der Waals surface area contributed by atoms with Crippen molar-refractivity contribution < 1.29 is 23.8 Å². The smallest absolute Gasteiger partial charge is 0.264 e. The van der Waals surface area contributed by atoms with E-state index >= 15 is 0 Å². The number of benzene rings is 1. The van der Waals surface area contributed by atoms with Crippen LogP contribution < -0.4 is 14.8 Å². The van der Waals surface area contributed by atoms with Crippen molar-refractivity contribution in [1.29, 1.82) is 0 Å². The van der Waals surface area contributed by atoms with Gasteiger partial charge in [0.15, 0.2) is 10.9 Å². The van der Waals surface area contributed by atoms with Crippen molar-refractivity contribution in [3.8, 4) is 11.5 Å². The van der Waals surface area contributed by atoms with Crippen molar-refractivity contribution in [3.05, 3.63) is 24.0 Å². The number of rotatable bonds is 4. The average Bonchev–Trinajstić information content (AvgIpc) is 3.11. The largest absolute Gasteiger partial charge is 0.496 e. The van der Waals surface area contributed by atoms with Crippen molar-refractivity contribution in [1.82, 2.24) is 4.98 Å². The van der Waals surface area contributed by atoms with Gasteiger partial charge in [0.1, 0.15) is 33.4 Å². The van der Waals surface area contributed by atoms with Gasteiger partial charge in [0.2, 0.25) is 0 Å². The van der Waals surface area contributed by atoms with E-state index in [-0.39, 0.29) is 23.4 Å². The molecule has 1 N–H and O–H groups in total. The van der Waals surface area contributed by atoms with Crippen LogP contribution >= 0.6 is 11.3 Å². The topological polar surface area (TPSA) is 86.8 Å². The van der Waals surface area contributed by atoms with Crippen molar-refractivity contribution in [3.63, 3.8) is 0 Å². The number of Topliss-reactive ketones (excluding diaryl/α,β-unsaturated/α-hetero) is 1. The molecule has 2 aliphatic rings. The quantitative estimate of drug-likeness (QED) is 0.809. The molecule has 4 rings (SSSR count). The van der Waals surface area contributed by atoms with E-state index < -0.39 is 5.91 Å². The zero-order chi connectivity index (χ0) is 19.0. The highest BCUT2D eigenvalue weighted by molar-refractivity contribution is 7.22. The number of ether oxygens (including phenoxy) is 3. The molecule has 2 unspecified atom stereocenters. The van der Waals surface area contributed by atoms with E-state index in [1.807, 2.05) is 0 Å². The summed E-state index contributed by atoms with van der Waals surface area (Å²) in [5.74, 6) is 0.370. The Hall–Kier alpha value is -2.61. The second kappa shape index (κ2) is 7.19. The molecule has 0 radical (unpaired) electrons. The van der Waals surface area contributed by atoms with Gasteiger partial charge in [-0.05, 0) is 31.4 Å². The van der Waals surface area contributed by atoms with Gasteiger partial charge < -0.3 is 14.2 Å². The molecular formula is C19H20N2O5S. The minimum absolute atomic E-state index is 0.0522. The lowest BCUT2D eigenvalue weighted by Crippen LogP contribution is -2.39. The number of aromatic nitrogens is 1. The van der Waals surface area contributed by atoms with E-state index in [0.29, 0.717) is 22.1 Å². The number of amides is 1. The first-order chi connectivity index (χ1) is 13.1.